The Morgan fingerprint density at radius 2 is 2.37 bits per heavy atom. The van der Waals surface area contributed by atoms with Crippen LogP contribution in [0.15, 0.2) is 0 Å². The molecule has 8 heteroatoms. The SMILES string of the molecule is CCNc1nc(C2CCCO2)nc(OC)c1[N+](=O)[O-]. The molecule has 8 nitrogen and oxygen atoms in total. The van der Waals surface area contributed by atoms with Gasteiger partial charge in [-0.1, -0.05) is 0 Å². The van der Waals surface area contributed by atoms with Crippen molar-refractivity contribution in [2.45, 2.75) is 25.9 Å². The Kier molecular flexibility index (Phi) is 4.10. The van der Waals surface area contributed by atoms with Gasteiger partial charge in [0.25, 0.3) is 5.88 Å². The van der Waals surface area contributed by atoms with Crippen LogP contribution < -0.4 is 10.1 Å². The molecule has 0 bridgehead atoms. The summed E-state index contributed by atoms with van der Waals surface area (Å²) in [4.78, 5) is 18.8. The van der Waals surface area contributed by atoms with Crippen LogP contribution in [0.5, 0.6) is 5.88 Å². The number of nitrogens with zero attached hydrogens (tertiary/aromatic N) is 3. The molecule has 0 amide bonds. The zero-order chi connectivity index (χ0) is 13.8. The molecule has 1 saturated heterocycles. The van der Waals surface area contributed by atoms with E-state index in [-0.39, 0.29) is 23.5 Å². The van der Waals surface area contributed by atoms with Crippen LogP contribution in [-0.4, -0.2) is 35.2 Å². The summed E-state index contributed by atoms with van der Waals surface area (Å²) in [6, 6.07) is 0. The van der Waals surface area contributed by atoms with Gasteiger partial charge in [0.1, 0.15) is 6.10 Å². The Labute approximate surface area is 110 Å². The number of hydrogen-bond acceptors (Lipinski definition) is 7. The van der Waals surface area contributed by atoms with E-state index in [1.165, 1.54) is 7.11 Å². The average molecular weight is 268 g/mol. The minimum absolute atomic E-state index is 0.0403. The van der Waals surface area contributed by atoms with Crippen molar-refractivity contribution < 1.29 is 14.4 Å². The van der Waals surface area contributed by atoms with E-state index in [2.05, 4.69) is 15.3 Å². The van der Waals surface area contributed by atoms with Crippen LogP contribution in [0.1, 0.15) is 31.7 Å². The van der Waals surface area contributed by atoms with Gasteiger partial charge in [-0.25, -0.2) is 4.98 Å². The average Bonchev–Trinajstić information content (AvgIpc) is 2.91. The maximum Gasteiger partial charge on any atom is 0.372 e. The van der Waals surface area contributed by atoms with Gasteiger partial charge in [-0.3, -0.25) is 10.1 Å². The Bertz CT molecular complexity index is 474. The van der Waals surface area contributed by atoms with Gasteiger partial charge >= 0.3 is 5.69 Å². The van der Waals surface area contributed by atoms with Crippen LogP contribution in [0.25, 0.3) is 0 Å². The van der Waals surface area contributed by atoms with Gasteiger partial charge in [-0.15, -0.1) is 0 Å². The molecule has 1 aromatic rings. The number of aromatic nitrogens is 2. The second-order valence-electron chi connectivity index (χ2n) is 4.08. The van der Waals surface area contributed by atoms with Crippen molar-refractivity contribution in [2.24, 2.45) is 0 Å². The first kappa shape index (κ1) is 13.5. The highest BCUT2D eigenvalue weighted by Gasteiger charge is 2.29. The molecule has 104 valence electrons. The summed E-state index contributed by atoms with van der Waals surface area (Å²) in [5.41, 5.74) is -0.244. The fraction of sp³-hybridized carbons (Fsp3) is 0.636. The van der Waals surface area contributed by atoms with Crippen molar-refractivity contribution in [2.75, 3.05) is 25.6 Å². The summed E-state index contributed by atoms with van der Waals surface area (Å²) in [5.74, 6) is 0.558. The van der Waals surface area contributed by atoms with Crippen LogP contribution in [0.2, 0.25) is 0 Å². The number of methoxy groups -OCH3 is 1. The van der Waals surface area contributed by atoms with E-state index in [0.29, 0.717) is 19.0 Å². The molecule has 0 spiro atoms. The summed E-state index contributed by atoms with van der Waals surface area (Å²) >= 11 is 0. The minimum Gasteiger partial charge on any atom is -0.476 e. The minimum atomic E-state index is -0.546. The molecule has 0 radical (unpaired) electrons. The van der Waals surface area contributed by atoms with Crippen molar-refractivity contribution in [3.63, 3.8) is 0 Å². The van der Waals surface area contributed by atoms with Gasteiger partial charge in [0.05, 0.1) is 12.0 Å². The van der Waals surface area contributed by atoms with E-state index in [9.17, 15) is 10.1 Å². The second kappa shape index (κ2) is 5.79. The lowest BCUT2D eigenvalue weighted by molar-refractivity contribution is -0.385. The number of hydrogen-bond donors (Lipinski definition) is 1. The summed E-state index contributed by atoms with van der Waals surface area (Å²) in [6.07, 6.45) is 1.53. The topological polar surface area (TPSA) is 99.4 Å². The molecule has 0 aromatic carbocycles. The van der Waals surface area contributed by atoms with E-state index in [1.807, 2.05) is 6.92 Å². The van der Waals surface area contributed by atoms with Gasteiger partial charge in [0, 0.05) is 13.2 Å². The molecular formula is C11H16N4O4. The van der Waals surface area contributed by atoms with Crippen molar-refractivity contribution in [1.29, 1.82) is 0 Å². The smallest absolute Gasteiger partial charge is 0.372 e. The molecule has 1 atom stereocenters. The summed E-state index contributed by atoms with van der Waals surface area (Å²) in [7, 11) is 1.35. The number of anilines is 1. The molecular weight excluding hydrogens is 252 g/mol. The van der Waals surface area contributed by atoms with Crippen LogP contribution in [-0.2, 0) is 4.74 Å². The van der Waals surface area contributed by atoms with E-state index in [0.717, 1.165) is 12.8 Å². The fourth-order valence-electron chi connectivity index (χ4n) is 1.97. The van der Waals surface area contributed by atoms with E-state index in [1.54, 1.807) is 0 Å². The Morgan fingerprint density at radius 3 is 2.89 bits per heavy atom. The van der Waals surface area contributed by atoms with Crippen LogP contribution >= 0.6 is 0 Å². The third kappa shape index (κ3) is 2.73. The first-order valence-corrected chi connectivity index (χ1v) is 6.13. The lowest BCUT2D eigenvalue weighted by atomic mass is 10.2. The van der Waals surface area contributed by atoms with Gasteiger partial charge in [-0.05, 0) is 19.8 Å². The third-order valence-corrected chi connectivity index (χ3v) is 2.81. The molecule has 1 aliphatic rings. The zero-order valence-electron chi connectivity index (χ0n) is 10.9. The first-order chi connectivity index (χ1) is 9.17. The van der Waals surface area contributed by atoms with E-state index < -0.39 is 4.92 Å². The lowest BCUT2D eigenvalue weighted by Crippen LogP contribution is -2.11. The zero-order valence-corrected chi connectivity index (χ0v) is 10.9. The number of nitrogens with one attached hydrogen (secondary N) is 1. The highest BCUT2D eigenvalue weighted by atomic mass is 16.6. The monoisotopic (exact) mass is 268 g/mol. The molecule has 2 heterocycles. The normalized spacial score (nSPS) is 18.3. The predicted octanol–water partition coefficient (Wildman–Crippen LogP) is 1.68. The van der Waals surface area contributed by atoms with Crippen LogP contribution in [0.3, 0.4) is 0 Å². The molecule has 1 aromatic heterocycles. The van der Waals surface area contributed by atoms with E-state index >= 15 is 0 Å². The highest BCUT2D eigenvalue weighted by molar-refractivity contribution is 5.61. The Hall–Kier alpha value is -1.96. The summed E-state index contributed by atoms with van der Waals surface area (Å²) in [6.45, 7) is 3.01. The van der Waals surface area contributed by atoms with Gasteiger partial charge in [0.15, 0.2) is 5.82 Å². The van der Waals surface area contributed by atoms with Crippen LogP contribution in [0, 0.1) is 10.1 Å². The molecule has 1 aliphatic heterocycles. The quantitative estimate of drug-likeness (QED) is 0.640. The molecule has 2 rings (SSSR count). The molecule has 1 N–H and O–H groups in total. The van der Waals surface area contributed by atoms with Crippen molar-refractivity contribution in [3.05, 3.63) is 15.9 Å². The molecule has 0 aliphatic carbocycles. The number of rotatable bonds is 5. The van der Waals surface area contributed by atoms with Gasteiger partial charge in [-0.2, -0.15) is 4.98 Å². The molecule has 1 fully saturated rings. The maximum absolute atomic E-state index is 11.1. The number of nitro groups is 1. The van der Waals surface area contributed by atoms with Gasteiger partial charge in [0.2, 0.25) is 5.82 Å². The third-order valence-electron chi connectivity index (χ3n) is 2.81. The largest absolute Gasteiger partial charge is 0.476 e. The van der Waals surface area contributed by atoms with Crippen LogP contribution in [0.4, 0.5) is 11.5 Å². The summed E-state index contributed by atoms with van der Waals surface area (Å²) in [5, 5.41) is 14.0. The lowest BCUT2D eigenvalue weighted by Gasteiger charge is -2.12. The molecule has 0 saturated carbocycles. The van der Waals surface area contributed by atoms with Gasteiger partial charge < -0.3 is 14.8 Å². The Morgan fingerprint density at radius 1 is 1.58 bits per heavy atom. The molecule has 19 heavy (non-hydrogen) atoms. The number of ether oxygens (including phenoxy) is 2. The van der Waals surface area contributed by atoms with Crippen molar-refractivity contribution >= 4 is 11.5 Å². The summed E-state index contributed by atoms with van der Waals surface area (Å²) < 4.78 is 10.5. The highest BCUT2D eigenvalue weighted by Crippen LogP contribution is 2.35. The Balaban J connectivity index is 2.47. The second-order valence-corrected chi connectivity index (χ2v) is 4.08. The predicted molar refractivity (Wildman–Crippen MR) is 67.3 cm³/mol. The standard InChI is InChI=1S/C11H16N4O4/c1-3-12-10-8(15(16)17)11(18-2)14-9(13-10)7-5-4-6-19-7/h7H,3-6H2,1-2H3,(H,12,13,14). The van der Waals surface area contributed by atoms with Crippen molar-refractivity contribution in [1.82, 2.24) is 9.97 Å². The maximum atomic E-state index is 11.1. The molecule has 1 unspecified atom stereocenters. The fourth-order valence-corrected chi connectivity index (χ4v) is 1.97. The first-order valence-electron chi connectivity index (χ1n) is 6.13. The van der Waals surface area contributed by atoms with Crippen molar-refractivity contribution in [3.8, 4) is 5.88 Å². The van der Waals surface area contributed by atoms with E-state index in [4.69, 9.17) is 9.47 Å².